The molecule has 7 heteroatoms. The fourth-order valence-electron chi connectivity index (χ4n) is 2.33. The van der Waals surface area contributed by atoms with Crippen LogP contribution in [0.4, 0.5) is 5.69 Å². The van der Waals surface area contributed by atoms with Gasteiger partial charge in [0.25, 0.3) is 0 Å². The van der Waals surface area contributed by atoms with Crippen molar-refractivity contribution in [1.29, 1.82) is 0 Å². The minimum absolute atomic E-state index is 0. The van der Waals surface area contributed by atoms with Gasteiger partial charge in [0, 0.05) is 33.4 Å². The molecule has 0 amide bonds. The fourth-order valence-corrected chi connectivity index (χ4v) is 2.33. The lowest BCUT2D eigenvalue weighted by Crippen LogP contribution is -2.36. The molecule has 0 saturated carbocycles. The largest absolute Gasteiger partial charge is 0.444 e. The number of anilines is 1. The Morgan fingerprint density at radius 2 is 1.84 bits per heavy atom. The van der Waals surface area contributed by atoms with Gasteiger partial charge < -0.3 is 20.0 Å². The molecule has 2 rings (SSSR count). The van der Waals surface area contributed by atoms with Gasteiger partial charge in [-0.25, -0.2) is 4.98 Å². The van der Waals surface area contributed by atoms with Gasteiger partial charge in [0.1, 0.15) is 5.76 Å². The Hall–Kier alpha value is -1.77. The normalized spacial score (nSPS) is 11.0. The summed E-state index contributed by atoms with van der Waals surface area (Å²) in [6.45, 7) is 7.20. The van der Waals surface area contributed by atoms with E-state index in [1.165, 1.54) is 16.8 Å². The van der Waals surface area contributed by atoms with Gasteiger partial charge in [-0.1, -0.05) is 6.07 Å². The van der Waals surface area contributed by atoms with Crippen molar-refractivity contribution in [2.75, 3.05) is 26.0 Å². The van der Waals surface area contributed by atoms with Crippen LogP contribution in [0, 0.1) is 20.8 Å². The average molecular weight is 457 g/mol. The lowest BCUT2D eigenvalue weighted by Gasteiger charge is -2.16. The number of oxazole rings is 1. The molecule has 0 aliphatic carbocycles. The number of guanidine groups is 1. The Bertz CT molecular complexity index is 705. The second kappa shape index (κ2) is 9.65. The zero-order valence-electron chi connectivity index (χ0n) is 15.8. The summed E-state index contributed by atoms with van der Waals surface area (Å²) < 4.78 is 5.57. The van der Waals surface area contributed by atoms with Crippen LogP contribution in [0.5, 0.6) is 0 Å². The second-order valence-electron chi connectivity index (χ2n) is 6.03. The summed E-state index contributed by atoms with van der Waals surface area (Å²) in [5.41, 5.74) is 4.62. The standard InChI is InChI=1S/C18H27N5O.HI/c1-12-9-16(23(5)6)8-7-15(12)10-20-18(19-4)21-11-17-22-13(2)14(3)24-17;/h7-9H,10-11H2,1-6H3,(H2,19,20,21);1H. The predicted octanol–water partition coefficient (Wildman–Crippen LogP) is 3.15. The van der Waals surface area contributed by atoms with Gasteiger partial charge >= 0.3 is 0 Å². The Morgan fingerprint density at radius 3 is 2.36 bits per heavy atom. The van der Waals surface area contributed by atoms with Crippen LogP contribution in [0.25, 0.3) is 0 Å². The van der Waals surface area contributed by atoms with E-state index in [0.29, 0.717) is 19.0 Å². The molecule has 0 radical (unpaired) electrons. The summed E-state index contributed by atoms with van der Waals surface area (Å²) in [6.07, 6.45) is 0. The van der Waals surface area contributed by atoms with Crippen LogP contribution in [-0.2, 0) is 13.1 Å². The third-order valence-corrected chi connectivity index (χ3v) is 3.99. The van der Waals surface area contributed by atoms with Crippen LogP contribution in [-0.4, -0.2) is 32.1 Å². The number of nitrogens with zero attached hydrogens (tertiary/aromatic N) is 3. The molecule has 0 saturated heterocycles. The lowest BCUT2D eigenvalue weighted by atomic mass is 10.1. The van der Waals surface area contributed by atoms with Crippen LogP contribution in [0.15, 0.2) is 27.6 Å². The number of nitrogens with one attached hydrogen (secondary N) is 2. The minimum atomic E-state index is 0. The molecule has 2 N–H and O–H groups in total. The maximum absolute atomic E-state index is 5.57. The summed E-state index contributed by atoms with van der Waals surface area (Å²) in [6, 6.07) is 6.45. The number of rotatable bonds is 5. The van der Waals surface area contributed by atoms with Gasteiger partial charge in [-0.2, -0.15) is 0 Å². The maximum Gasteiger partial charge on any atom is 0.214 e. The van der Waals surface area contributed by atoms with E-state index < -0.39 is 0 Å². The van der Waals surface area contributed by atoms with Gasteiger partial charge in [-0.05, 0) is 44.0 Å². The van der Waals surface area contributed by atoms with E-state index in [1.807, 2.05) is 27.9 Å². The first-order valence-electron chi connectivity index (χ1n) is 8.05. The zero-order valence-corrected chi connectivity index (χ0v) is 18.1. The first-order chi connectivity index (χ1) is 11.4. The van der Waals surface area contributed by atoms with Crippen molar-refractivity contribution in [2.24, 2.45) is 4.99 Å². The number of aliphatic imine (C=N–C) groups is 1. The summed E-state index contributed by atoms with van der Waals surface area (Å²) in [4.78, 5) is 10.7. The highest BCUT2D eigenvalue weighted by atomic mass is 127. The van der Waals surface area contributed by atoms with E-state index in [1.54, 1.807) is 7.05 Å². The van der Waals surface area contributed by atoms with Crippen molar-refractivity contribution in [1.82, 2.24) is 15.6 Å². The first-order valence-corrected chi connectivity index (χ1v) is 8.05. The quantitative estimate of drug-likeness (QED) is 0.411. The molecule has 1 aromatic heterocycles. The molecule has 6 nitrogen and oxygen atoms in total. The molecule has 0 bridgehead atoms. The lowest BCUT2D eigenvalue weighted by molar-refractivity contribution is 0.463. The molecule has 25 heavy (non-hydrogen) atoms. The molecular formula is C18H28IN5O. The van der Waals surface area contributed by atoms with E-state index in [4.69, 9.17) is 4.42 Å². The molecule has 0 fully saturated rings. The fraction of sp³-hybridized carbons (Fsp3) is 0.444. The second-order valence-corrected chi connectivity index (χ2v) is 6.03. The molecule has 1 heterocycles. The number of halogens is 1. The summed E-state index contributed by atoms with van der Waals surface area (Å²) >= 11 is 0. The number of aryl methyl sites for hydroxylation is 3. The highest BCUT2D eigenvalue weighted by Crippen LogP contribution is 2.17. The third kappa shape index (κ3) is 5.91. The van der Waals surface area contributed by atoms with Crippen LogP contribution in [0.2, 0.25) is 0 Å². The topological polar surface area (TPSA) is 65.7 Å². The molecule has 0 spiro atoms. The van der Waals surface area contributed by atoms with Crippen LogP contribution < -0.4 is 15.5 Å². The summed E-state index contributed by atoms with van der Waals surface area (Å²) in [7, 11) is 5.85. The molecule has 2 aromatic rings. The van der Waals surface area contributed by atoms with Crippen molar-refractivity contribution in [2.45, 2.75) is 33.9 Å². The Balaban J connectivity index is 0.00000312. The van der Waals surface area contributed by atoms with E-state index in [9.17, 15) is 0 Å². The van der Waals surface area contributed by atoms with Crippen molar-refractivity contribution < 1.29 is 4.42 Å². The molecule has 0 aliphatic heterocycles. The number of hydrogen-bond donors (Lipinski definition) is 2. The number of aromatic nitrogens is 1. The Labute approximate surface area is 167 Å². The highest BCUT2D eigenvalue weighted by Gasteiger charge is 2.07. The van der Waals surface area contributed by atoms with Gasteiger partial charge in [-0.3, -0.25) is 4.99 Å². The maximum atomic E-state index is 5.57. The number of hydrogen-bond acceptors (Lipinski definition) is 4. The highest BCUT2D eigenvalue weighted by molar-refractivity contribution is 14.0. The number of benzene rings is 1. The first kappa shape index (κ1) is 21.3. The third-order valence-electron chi connectivity index (χ3n) is 3.99. The van der Waals surface area contributed by atoms with Crippen molar-refractivity contribution >= 4 is 35.6 Å². The molecule has 1 aromatic carbocycles. The molecule has 0 aliphatic rings. The predicted molar refractivity (Wildman–Crippen MR) is 114 cm³/mol. The van der Waals surface area contributed by atoms with E-state index in [2.05, 4.69) is 50.6 Å². The van der Waals surface area contributed by atoms with Crippen molar-refractivity contribution in [3.05, 3.63) is 46.7 Å². The molecular weight excluding hydrogens is 429 g/mol. The Kier molecular flexibility index (Phi) is 8.21. The van der Waals surface area contributed by atoms with Crippen molar-refractivity contribution in [3.8, 4) is 0 Å². The van der Waals surface area contributed by atoms with E-state index >= 15 is 0 Å². The molecule has 0 atom stereocenters. The van der Waals surface area contributed by atoms with Gasteiger partial charge in [0.05, 0.1) is 12.2 Å². The van der Waals surface area contributed by atoms with Crippen molar-refractivity contribution in [3.63, 3.8) is 0 Å². The minimum Gasteiger partial charge on any atom is -0.444 e. The van der Waals surface area contributed by atoms with Crippen LogP contribution in [0.1, 0.15) is 28.5 Å². The monoisotopic (exact) mass is 457 g/mol. The van der Waals surface area contributed by atoms with Gasteiger partial charge in [0.2, 0.25) is 5.89 Å². The van der Waals surface area contributed by atoms with Gasteiger partial charge in [-0.15, -0.1) is 24.0 Å². The zero-order chi connectivity index (χ0) is 17.7. The van der Waals surface area contributed by atoms with Crippen LogP contribution >= 0.6 is 24.0 Å². The summed E-state index contributed by atoms with van der Waals surface area (Å²) in [5, 5.41) is 6.54. The van der Waals surface area contributed by atoms with Crippen LogP contribution in [0.3, 0.4) is 0 Å². The van der Waals surface area contributed by atoms with Gasteiger partial charge in [0.15, 0.2) is 5.96 Å². The smallest absolute Gasteiger partial charge is 0.214 e. The van der Waals surface area contributed by atoms with E-state index in [0.717, 1.165) is 17.4 Å². The molecule has 0 unspecified atom stereocenters. The SMILES string of the molecule is CN=C(NCc1nc(C)c(C)o1)NCc1ccc(N(C)C)cc1C.I. The Morgan fingerprint density at radius 1 is 1.16 bits per heavy atom. The van der Waals surface area contributed by atoms with E-state index in [-0.39, 0.29) is 24.0 Å². The summed E-state index contributed by atoms with van der Waals surface area (Å²) in [5.74, 6) is 2.24. The average Bonchev–Trinajstić information content (AvgIpc) is 2.86. The molecule has 138 valence electrons.